The van der Waals surface area contributed by atoms with Crippen molar-refractivity contribution in [1.82, 2.24) is 4.90 Å². The van der Waals surface area contributed by atoms with Crippen molar-refractivity contribution in [3.63, 3.8) is 0 Å². The van der Waals surface area contributed by atoms with Gasteiger partial charge in [0, 0.05) is 6.04 Å². The van der Waals surface area contributed by atoms with Crippen LogP contribution in [0.2, 0.25) is 0 Å². The molecule has 1 saturated heterocycles. The van der Waals surface area contributed by atoms with Gasteiger partial charge in [-0.2, -0.15) is 0 Å². The van der Waals surface area contributed by atoms with Gasteiger partial charge in [0.25, 0.3) is 0 Å². The molecule has 3 rings (SSSR count). The maximum atomic E-state index is 12.7. The number of rotatable bonds is 4. The highest BCUT2D eigenvalue weighted by Gasteiger charge is 2.33. The van der Waals surface area contributed by atoms with Crippen LogP contribution in [0.4, 0.5) is 5.69 Å². The summed E-state index contributed by atoms with van der Waals surface area (Å²) in [5, 5.41) is 0. The number of hydrogen-bond donors (Lipinski definition) is 0. The average Bonchev–Trinajstić information content (AvgIpc) is 2.91. The number of ether oxygens (including phenoxy) is 1. The van der Waals surface area contributed by atoms with Crippen molar-refractivity contribution in [1.29, 1.82) is 0 Å². The summed E-state index contributed by atoms with van der Waals surface area (Å²) in [7, 11) is -2.95. The Morgan fingerprint density at radius 2 is 2.17 bits per heavy atom. The van der Waals surface area contributed by atoms with Gasteiger partial charge in [-0.25, -0.2) is 8.42 Å². The molecule has 2 aliphatic heterocycles. The summed E-state index contributed by atoms with van der Waals surface area (Å²) >= 11 is 0. The molecule has 2 heterocycles. The third-order valence-electron chi connectivity index (χ3n) is 4.50. The first-order chi connectivity index (χ1) is 11.0. The van der Waals surface area contributed by atoms with Gasteiger partial charge in [-0.15, -0.1) is 0 Å². The molecule has 0 N–H and O–H groups in total. The highest BCUT2D eigenvalue weighted by molar-refractivity contribution is 7.91. The van der Waals surface area contributed by atoms with E-state index in [1.54, 1.807) is 4.90 Å². The fourth-order valence-electron chi connectivity index (χ4n) is 3.25. The molecular weight excluding hydrogens is 316 g/mol. The van der Waals surface area contributed by atoms with Crippen LogP contribution in [0.5, 0.6) is 5.75 Å². The van der Waals surface area contributed by atoms with E-state index in [-0.39, 0.29) is 30.0 Å². The maximum absolute atomic E-state index is 12.7. The first-order valence-corrected chi connectivity index (χ1v) is 9.79. The molecule has 2 aliphatic rings. The van der Waals surface area contributed by atoms with Gasteiger partial charge in [-0.1, -0.05) is 19.1 Å². The highest BCUT2D eigenvalue weighted by Crippen LogP contribution is 2.31. The third-order valence-corrected chi connectivity index (χ3v) is 6.25. The molecule has 1 aromatic carbocycles. The van der Waals surface area contributed by atoms with E-state index >= 15 is 0 Å². The number of carbonyl (C=O) groups is 1. The average molecular weight is 338 g/mol. The molecule has 6 nitrogen and oxygen atoms in total. The van der Waals surface area contributed by atoms with Gasteiger partial charge in [-0.05, 0) is 25.1 Å². The van der Waals surface area contributed by atoms with Crippen LogP contribution in [0, 0.1) is 0 Å². The van der Waals surface area contributed by atoms with E-state index in [1.165, 1.54) is 0 Å². The monoisotopic (exact) mass is 338 g/mol. The molecule has 1 atom stereocenters. The quantitative estimate of drug-likeness (QED) is 0.817. The fraction of sp³-hybridized carbons (Fsp3) is 0.562. The first-order valence-electron chi connectivity index (χ1n) is 7.97. The van der Waals surface area contributed by atoms with Crippen molar-refractivity contribution in [3.05, 3.63) is 24.3 Å². The Bertz CT molecular complexity index is 689. The predicted molar refractivity (Wildman–Crippen MR) is 88.6 cm³/mol. The summed E-state index contributed by atoms with van der Waals surface area (Å²) in [6.07, 6.45) is 0.614. The van der Waals surface area contributed by atoms with Crippen LogP contribution < -0.4 is 9.64 Å². The number of hydrogen-bond acceptors (Lipinski definition) is 5. The molecule has 0 unspecified atom stereocenters. The van der Waals surface area contributed by atoms with Crippen molar-refractivity contribution in [2.75, 3.05) is 42.6 Å². The van der Waals surface area contributed by atoms with Crippen LogP contribution >= 0.6 is 0 Å². The van der Waals surface area contributed by atoms with Crippen molar-refractivity contribution in [3.8, 4) is 5.75 Å². The lowest BCUT2D eigenvalue weighted by Crippen LogP contribution is -2.47. The summed E-state index contributed by atoms with van der Waals surface area (Å²) in [4.78, 5) is 16.4. The summed E-state index contributed by atoms with van der Waals surface area (Å²) in [5.74, 6) is 1.10. The minimum atomic E-state index is -2.95. The molecule has 0 saturated carbocycles. The van der Waals surface area contributed by atoms with Crippen LogP contribution in [0.1, 0.15) is 13.3 Å². The third kappa shape index (κ3) is 3.50. The van der Waals surface area contributed by atoms with Crippen LogP contribution in [0.25, 0.3) is 0 Å². The van der Waals surface area contributed by atoms with Crippen LogP contribution in [-0.2, 0) is 14.6 Å². The van der Waals surface area contributed by atoms with Gasteiger partial charge in [0.2, 0.25) is 5.91 Å². The summed E-state index contributed by atoms with van der Waals surface area (Å²) in [6.45, 7) is 3.87. The Morgan fingerprint density at radius 3 is 2.87 bits per heavy atom. The topological polar surface area (TPSA) is 66.9 Å². The van der Waals surface area contributed by atoms with Crippen molar-refractivity contribution in [2.45, 2.75) is 19.4 Å². The van der Waals surface area contributed by atoms with Gasteiger partial charge >= 0.3 is 0 Å². The number of sulfone groups is 1. The largest absolute Gasteiger partial charge is 0.490 e. The van der Waals surface area contributed by atoms with Crippen molar-refractivity contribution >= 4 is 21.4 Å². The van der Waals surface area contributed by atoms with Crippen LogP contribution in [0.15, 0.2) is 24.3 Å². The molecule has 1 fully saturated rings. The zero-order chi connectivity index (χ0) is 16.4. The second-order valence-electron chi connectivity index (χ2n) is 5.98. The number of amides is 1. The first kappa shape index (κ1) is 16.3. The Morgan fingerprint density at radius 1 is 1.39 bits per heavy atom. The Kier molecular flexibility index (Phi) is 4.59. The molecule has 0 aromatic heterocycles. The van der Waals surface area contributed by atoms with E-state index in [9.17, 15) is 13.2 Å². The predicted octanol–water partition coefficient (Wildman–Crippen LogP) is 0.921. The molecule has 126 valence electrons. The molecule has 7 heteroatoms. The zero-order valence-electron chi connectivity index (χ0n) is 13.3. The Hall–Kier alpha value is -1.60. The molecule has 1 amide bonds. The lowest BCUT2D eigenvalue weighted by molar-refractivity contribution is -0.120. The van der Waals surface area contributed by atoms with E-state index in [0.29, 0.717) is 26.1 Å². The lowest BCUT2D eigenvalue weighted by Gasteiger charge is -2.33. The standard InChI is InChI=1S/C16H22N2O4S/c1-2-17(13-7-10-23(20,21)12-13)11-16(19)18-8-9-22-15-6-4-3-5-14(15)18/h3-6,13H,2,7-12H2,1H3/t13-/m0/s1. The normalized spacial score (nSPS) is 22.7. The molecule has 1 aromatic rings. The number of likely N-dealkylation sites (N-methyl/N-ethyl adjacent to an activating group) is 1. The van der Waals surface area contributed by atoms with Gasteiger partial charge in [-0.3, -0.25) is 9.69 Å². The number of para-hydroxylation sites is 2. The fourth-order valence-corrected chi connectivity index (χ4v) is 5.01. The highest BCUT2D eigenvalue weighted by atomic mass is 32.2. The SMILES string of the molecule is CCN(CC(=O)N1CCOc2ccccc21)[C@H]1CCS(=O)(=O)C1. The minimum absolute atomic E-state index is 0.00750. The number of benzene rings is 1. The molecule has 0 radical (unpaired) electrons. The number of nitrogens with zero attached hydrogens (tertiary/aromatic N) is 2. The van der Waals surface area contributed by atoms with E-state index in [0.717, 1.165) is 11.4 Å². The van der Waals surface area contributed by atoms with Gasteiger partial charge in [0.1, 0.15) is 12.4 Å². The molecular formula is C16H22N2O4S. The summed E-state index contributed by atoms with van der Waals surface area (Å²) in [6, 6.07) is 7.45. The van der Waals surface area contributed by atoms with E-state index in [2.05, 4.69) is 0 Å². The maximum Gasteiger partial charge on any atom is 0.241 e. The van der Waals surface area contributed by atoms with Gasteiger partial charge < -0.3 is 9.64 Å². The minimum Gasteiger partial charge on any atom is -0.490 e. The number of carbonyl (C=O) groups excluding carboxylic acids is 1. The second-order valence-corrected chi connectivity index (χ2v) is 8.21. The molecule has 23 heavy (non-hydrogen) atoms. The number of anilines is 1. The summed E-state index contributed by atoms with van der Waals surface area (Å²) < 4.78 is 28.9. The zero-order valence-corrected chi connectivity index (χ0v) is 14.1. The molecule has 0 spiro atoms. The van der Waals surface area contributed by atoms with Crippen LogP contribution in [0.3, 0.4) is 0 Å². The lowest BCUT2D eigenvalue weighted by atomic mass is 10.2. The van der Waals surface area contributed by atoms with Crippen molar-refractivity contribution < 1.29 is 17.9 Å². The number of fused-ring (bicyclic) bond motifs is 1. The van der Waals surface area contributed by atoms with E-state index in [1.807, 2.05) is 36.1 Å². The van der Waals surface area contributed by atoms with Crippen LogP contribution in [-0.4, -0.2) is 63.0 Å². The smallest absolute Gasteiger partial charge is 0.241 e. The van der Waals surface area contributed by atoms with E-state index in [4.69, 9.17) is 4.74 Å². The molecule has 0 aliphatic carbocycles. The Labute approximate surface area is 136 Å². The Balaban J connectivity index is 1.71. The summed E-state index contributed by atoms with van der Waals surface area (Å²) in [5.41, 5.74) is 0.791. The van der Waals surface area contributed by atoms with Gasteiger partial charge in [0.15, 0.2) is 9.84 Å². The second kappa shape index (κ2) is 6.49. The van der Waals surface area contributed by atoms with Gasteiger partial charge in [0.05, 0.1) is 30.3 Å². The molecule has 0 bridgehead atoms. The van der Waals surface area contributed by atoms with E-state index < -0.39 is 9.84 Å². The van der Waals surface area contributed by atoms with Crippen molar-refractivity contribution in [2.24, 2.45) is 0 Å².